The number of pyridine rings is 1. The van der Waals surface area contributed by atoms with Crippen molar-refractivity contribution in [2.75, 3.05) is 11.1 Å². The number of aromatic nitrogens is 1. The van der Waals surface area contributed by atoms with Crippen LogP contribution in [0.1, 0.15) is 17.3 Å². The highest BCUT2D eigenvalue weighted by atomic mass is 19.1. The minimum absolute atomic E-state index is 0.00780. The van der Waals surface area contributed by atoms with E-state index in [9.17, 15) is 14.0 Å². The predicted molar refractivity (Wildman–Crippen MR) is 92.6 cm³/mol. The second kappa shape index (κ2) is 6.16. The molecule has 1 amide bonds. The summed E-state index contributed by atoms with van der Waals surface area (Å²) in [5.74, 6) is -0.959. The van der Waals surface area contributed by atoms with E-state index < -0.39 is 17.3 Å². The Labute approximate surface area is 137 Å². The van der Waals surface area contributed by atoms with Crippen LogP contribution < -0.4 is 16.6 Å². The summed E-state index contributed by atoms with van der Waals surface area (Å²) >= 11 is 0. The number of nitrogens with one attached hydrogen (secondary N) is 1. The molecule has 24 heavy (non-hydrogen) atoms. The van der Waals surface area contributed by atoms with Crippen LogP contribution in [-0.4, -0.2) is 10.5 Å². The van der Waals surface area contributed by atoms with Gasteiger partial charge >= 0.3 is 0 Å². The Balaban J connectivity index is 2.10. The molecule has 0 saturated heterocycles. The van der Waals surface area contributed by atoms with Gasteiger partial charge in [-0.25, -0.2) is 4.39 Å². The van der Waals surface area contributed by atoms with E-state index in [0.29, 0.717) is 28.8 Å². The van der Waals surface area contributed by atoms with Gasteiger partial charge in [-0.15, -0.1) is 0 Å². The summed E-state index contributed by atoms with van der Waals surface area (Å²) in [7, 11) is 0. The lowest BCUT2D eigenvalue weighted by atomic mass is 10.1. The van der Waals surface area contributed by atoms with Gasteiger partial charge in [-0.05, 0) is 49.4 Å². The Morgan fingerprint density at radius 1 is 1.21 bits per heavy atom. The zero-order chi connectivity index (χ0) is 17.3. The van der Waals surface area contributed by atoms with Crippen LogP contribution >= 0.6 is 0 Å². The van der Waals surface area contributed by atoms with E-state index >= 15 is 0 Å². The number of hydrogen-bond donors (Lipinski definition) is 2. The molecule has 0 spiro atoms. The number of fused-ring (bicyclic) bond motifs is 1. The van der Waals surface area contributed by atoms with Gasteiger partial charge in [0, 0.05) is 23.3 Å². The number of hydrogen-bond acceptors (Lipinski definition) is 3. The molecular formula is C18H16FN3O2. The number of aryl methyl sites for hydroxylation is 1. The Morgan fingerprint density at radius 2 is 1.92 bits per heavy atom. The summed E-state index contributed by atoms with van der Waals surface area (Å²) in [6, 6.07) is 12.1. The largest absolute Gasteiger partial charge is 0.398 e. The highest BCUT2D eigenvalue weighted by Gasteiger charge is 2.16. The summed E-state index contributed by atoms with van der Waals surface area (Å²) < 4.78 is 14.5. The van der Waals surface area contributed by atoms with Crippen molar-refractivity contribution in [2.45, 2.75) is 13.5 Å². The van der Waals surface area contributed by atoms with Crippen molar-refractivity contribution in [1.29, 1.82) is 0 Å². The molecule has 0 unspecified atom stereocenters. The first-order valence-electron chi connectivity index (χ1n) is 7.50. The van der Waals surface area contributed by atoms with Crippen LogP contribution in [0.15, 0.2) is 53.3 Å². The summed E-state index contributed by atoms with van der Waals surface area (Å²) in [6.07, 6.45) is 0. The number of carbonyl (C=O) groups excluding carboxylic acids is 1. The smallest absolute Gasteiger partial charge is 0.263 e. The summed E-state index contributed by atoms with van der Waals surface area (Å²) in [4.78, 5) is 25.1. The van der Waals surface area contributed by atoms with Crippen LogP contribution in [-0.2, 0) is 6.54 Å². The third-order valence-corrected chi connectivity index (χ3v) is 3.83. The molecule has 0 fully saturated rings. The normalized spacial score (nSPS) is 10.8. The third-order valence-electron chi connectivity index (χ3n) is 3.83. The molecule has 0 bridgehead atoms. The fraction of sp³-hybridized carbons (Fsp3) is 0.111. The van der Waals surface area contributed by atoms with Crippen LogP contribution in [0.4, 0.5) is 15.8 Å². The molecule has 0 radical (unpaired) electrons. The van der Waals surface area contributed by atoms with Crippen LogP contribution in [0.25, 0.3) is 10.9 Å². The van der Waals surface area contributed by atoms with E-state index in [4.69, 9.17) is 5.73 Å². The monoisotopic (exact) mass is 325 g/mol. The Bertz CT molecular complexity index is 978. The molecule has 0 saturated carbocycles. The van der Waals surface area contributed by atoms with Crippen molar-refractivity contribution >= 4 is 28.2 Å². The Morgan fingerprint density at radius 3 is 2.58 bits per heavy atom. The SMILES string of the molecule is CCn1c(=O)c(C(=O)Nc2ccc(F)cc2)cc2c(N)cccc21. The lowest BCUT2D eigenvalue weighted by molar-refractivity contribution is 0.102. The van der Waals surface area contributed by atoms with Gasteiger partial charge in [0.25, 0.3) is 11.5 Å². The molecule has 3 aromatic rings. The zero-order valence-electron chi connectivity index (χ0n) is 13.0. The average molecular weight is 325 g/mol. The maximum absolute atomic E-state index is 12.9. The molecule has 3 N–H and O–H groups in total. The van der Waals surface area contributed by atoms with Crippen molar-refractivity contribution in [3.63, 3.8) is 0 Å². The number of nitrogen functional groups attached to an aromatic ring is 1. The minimum atomic E-state index is -0.557. The topological polar surface area (TPSA) is 77.1 Å². The molecule has 1 heterocycles. The fourth-order valence-corrected chi connectivity index (χ4v) is 2.63. The van der Waals surface area contributed by atoms with E-state index in [-0.39, 0.29) is 5.56 Å². The van der Waals surface area contributed by atoms with Crippen LogP contribution in [0.5, 0.6) is 0 Å². The molecule has 122 valence electrons. The first-order valence-corrected chi connectivity index (χ1v) is 7.50. The molecule has 5 nitrogen and oxygen atoms in total. The van der Waals surface area contributed by atoms with Crippen LogP contribution in [0, 0.1) is 5.82 Å². The van der Waals surface area contributed by atoms with Gasteiger partial charge in [-0.1, -0.05) is 6.07 Å². The minimum Gasteiger partial charge on any atom is -0.398 e. The molecule has 0 atom stereocenters. The lowest BCUT2D eigenvalue weighted by Gasteiger charge is -2.12. The quantitative estimate of drug-likeness (QED) is 0.727. The number of rotatable bonds is 3. The van der Waals surface area contributed by atoms with Crippen molar-refractivity contribution in [2.24, 2.45) is 0 Å². The molecule has 0 aliphatic carbocycles. The van der Waals surface area contributed by atoms with Gasteiger partial charge < -0.3 is 15.6 Å². The predicted octanol–water partition coefficient (Wildman–Crippen LogP) is 3.00. The number of benzene rings is 2. The number of carbonyl (C=O) groups is 1. The van der Waals surface area contributed by atoms with Crippen LogP contribution in [0.2, 0.25) is 0 Å². The standard InChI is InChI=1S/C18H16FN3O2/c1-2-22-16-5-3-4-15(20)13(16)10-14(18(22)24)17(23)21-12-8-6-11(19)7-9-12/h3-10H,2,20H2,1H3,(H,21,23). The maximum Gasteiger partial charge on any atom is 0.263 e. The van der Waals surface area contributed by atoms with E-state index in [0.717, 1.165) is 0 Å². The zero-order valence-corrected chi connectivity index (χ0v) is 13.0. The van der Waals surface area contributed by atoms with Crippen LogP contribution in [0.3, 0.4) is 0 Å². The van der Waals surface area contributed by atoms with Crippen molar-refractivity contribution in [3.8, 4) is 0 Å². The van der Waals surface area contributed by atoms with Gasteiger partial charge in [0.1, 0.15) is 11.4 Å². The highest BCUT2D eigenvalue weighted by molar-refractivity contribution is 6.06. The second-order valence-electron chi connectivity index (χ2n) is 5.35. The number of amides is 1. The van der Waals surface area contributed by atoms with E-state index in [2.05, 4.69) is 5.32 Å². The van der Waals surface area contributed by atoms with Gasteiger partial charge in [-0.3, -0.25) is 9.59 Å². The summed E-state index contributed by atoms with van der Waals surface area (Å²) in [5, 5.41) is 3.24. The molecule has 6 heteroatoms. The molecule has 1 aromatic heterocycles. The Hall–Kier alpha value is -3.15. The average Bonchev–Trinajstić information content (AvgIpc) is 2.57. The van der Waals surface area contributed by atoms with Crippen molar-refractivity contribution in [1.82, 2.24) is 4.57 Å². The Kier molecular flexibility index (Phi) is 4.04. The summed E-state index contributed by atoms with van der Waals surface area (Å²) in [5.41, 5.74) is 7.16. The van der Waals surface area contributed by atoms with Gasteiger partial charge in [0.15, 0.2) is 0 Å². The lowest BCUT2D eigenvalue weighted by Crippen LogP contribution is -2.29. The van der Waals surface area contributed by atoms with Crippen molar-refractivity contribution in [3.05, 3.63) is 70.3 Å². The maximum atomic E-state index is 12.9. The number of anilines is 2. The fourth-order valence-electron chi connectivity index (χ4n) is 2.63. The number of nitrogens with zero attached hydrogens (tertiary/aromatic N) is 1. The molecule has 2 aromatic carbocycles. The van der Waals surface area contributed by atoms with E-state index in [1.54, 1.807) is 18.2 Å². The summed E-state index contributed by atoms with van der Waals surface area (Å²) in [6.45, 7) is 2.24. The molecule has 0 aliphatic rings. The highest BCUT2D eigenvalue weighted by Crippen LogP contribution is 2.21. The first kappa shape index (κ1) is 15.7. The molecular weight excluding hydrogens is 309 g/mol. The van der Waals surface area contributed by atoms with E-state index in [1.165, 1.54) is 34.9 Å². The second-order valence-corrected chi connectivity index (χ2v) is 5.35. The molecule has 3 rings (SSSR count). The van der Waals surface area contributed by atoms with Crippen molar-refractivity contribution < 1.29 is 9.18 Å². The number of nitrogens with two attached hydrogens (primary N) is 1. The first-order chi connectivity index (χ1) is 11.5. The van der Waals surface area contributed by atoms with Gasteiger partial charge in [0.2, 0.25) is 0 Å². The number of halogens is 1. The van der Waals surface area contributed by atoms with E-state index in [1.807, 2.05) is 6.92 Å². The van der Waals surface area contributed by atoms with Gasteiger partial charge in [0.05, 0.1) is 5.52 Å². The molecule has 0 aliphatic heterocycles. The third kappa shape index (κ3) is 2.74. The van der Waals surface area contributed by atoms with Gasteiger partial charge in [-0.2, -0.15) is 0 Å².